The molecule has 1 aromatic carbocycles. The fraction of sp³-hybridized carbons (Fsp3) is 0.571. The van der Waals surface area contributed by atoms with Crippen LogP contribution in [-0.4, -0.2) is 43.0 Å². The summed E-state index contributed by atoms with van der Waals surface area (Å²) < 4.78 is 0. The van der Waals surface area contributed by atoms with Gasteiger partial charge in [-0.05, 0) is 45.3 Å². The third-order valence-electron chi connectivity index (χ3n) is 3.18. The molecule has 0 spiro atoms. The minimum atomic E-state index is 0.455. The minimum Gasteiger partial charge on any atom is -0.396 e. The van der Waals surface area contributed by atoms with Gasteiger partial charge in [0, 0.05) is 19.1 Å². The van der Waals surface area contributed by atoms with Crippen molar-refractivity contribution >= 4 is 28.9 Å². The summed E-state index contributed by atoms with van der Waals surface area (Å²) in [6.07, 6.45) is 0. The molecule has 0 aliphatic carbocycles. The quantitative estimate of drug-likeness (QED) is 0.818. The predicted octanol–water partition coefficient (Wildman–Crippen LogP) is 3.35. The lowest BCUT2D eigenvalue weighted by molar-refractivity contribution is 0.174. The molecule has 19 heavy (non-hydrogen) atoms. The number of nitrogens with two attached hydrogens (primary N) is 1. The average molecular weight is 304 g/mol. The van der Waals surface area contributed by atoms with Gasteiger partial charge in [0.25, 0.3) is 0 Å². The zero-order chi connectivity index (χ0) is 14.6. The number of halogens is 2. The normalized spacial score (nSPS) is 13.3. The summed E-state index contributed by atoms with van der Waals surface area (Å²) in [6, 6.07) is 4.26. The molecule has 0 saturated carbocycles. The molecule has 0 fully saturated rings. The molecule has 0 radical (unpaired) electrons. The molecule has 3 nitrogen and oxygen atoms in total. The SMILES string of the molecule is CCN(Cc1cc(Cl)c(N)c(Cl)c1)C(C)CN(C)C. The molecule has 0 aliphatic heterocycles. The second-order valence-corrected chi connectivity index (χ2v) is 5.96. The molecule has 1 aromatic rings. The molecule has 1 rings (SSSR count). The fourth-order valence-electron chi connectivity index (χ4n) is 2.19. The molecule has 0 amide bonds. The van der Waals surface area contributed by atoms with Crippen LogP contribution in [0.5, 0.6) is 0 Å². The lowest BCUT2D eigenvalue weighted by Crippen LogP contribution is -2.39. The van der Waals surface area contributed by atoms with Crippen molar-refractivity contribution in [1.82, 2.24) is 9.80 Å². The number of hydrogen-bond acceptors (Lipinski definition) is 3. The van der Waals surface area contributed by atoms with E-state index >= 15 is 0 Å². The van der Waals surface area contributed by atoms with E-state index in [1.165, 1.54) is 0 Å². The predicted molar refractivity (Wildman–Crippen MR) is 85.0 cm³/mol. The number of nitrogens with zero attached hydrogens (tertiary/aromatic N) is 2. The molecule has 2 N–H and O–H groups in total. The van der Waals surface area contributed by atoms with Gasteiger partial charge in [0.2, 0.25) is 0 Å². The van der Waals surface area contributed by atoms with Gasteiger partial charge in [0.15, 0.2) is 0 Å². The third kappa shape index (κ3) is 4.84. The van der Waals surface area contributed by atoms with Gasteiger partial charge in [0.05, 0.1) is 15.7 Å². The Balaban J connectivity index is 2.81. The molecule has 0 aliphatic rings. The van der Waals surface area contributed by atoms with Crippen LogP contribution in [0.1, 0.15) is 19.4 Å². The van der Waals surface area contributed by atoms with Gasteiger partial charge in [-0.15, -0.1) is 0 Å². The maximum Gasteiger partial charge on any atom is 0.0693 e. The number of rotatable bonds is 6. The highest BCUT2D eigenvalue weighted by Crippen LogP contribution is 2.29. The zero-order valence-corrected chi connectivity index (χ0v) is 13.6. The van der Waals surface area contributed by atoms with E-state index in [1.54, 1.807) is 0 Å². The first kappa shape index (κ1) is 16.6. The topological polar surface area (TPSA) is 32.5 Å². The van der Waals surface area contributed by atoms with Gasteiger partial charge < -0.3 is 10.6 Å². The van der Waals surface area contributed by atoms with Crippen LogP contribution in [0, 0.1) is 0 Å². The monoisotopic (exact) mass is 303 g/mol. The Kier molecular flexibility index (Phi) is 6.40. The van der Waals surface area contributed by atoms with Crippen LogP contribution in [-0.2, 0) is 6.54 Å². The van der Waals surface area contributed by atoms with Crippen molar-refractivity contribution in [3.05, 3.63) is 27.7 Å². The van der Waals surface area contributed by atoms with Crippen LogP contribution >= 0.6 is 23.2 Å². The van der Waals surface area contributed by atoms with Gasteiger partial charge in [-0.1, -0.05) is 30.1 Å². The van der Waals surface area contributed by atoms with Gasteiger partial charge in [0.1, 0.15) is 0 Å². The smallest absolute Gasteiger partial charge is 0.0693 e. The summed E-state index contributed by atoms with van der Waals surface area (Å²) in [5.74, 6) is 0. The minimum absolute atomic E-state index is 0.455. The van der Waals surface area contributed by atoms with Crippen LogP contribution in [0.2, 0.25) is 10.0 Å². The Bertz CT molecular complexity index is 398. The summed E-state index contributed by atoms with van der Waals surface area (Å²) in [6.45, 7) is 7.21. The Labute approximate surface area is 126 Å². The van der Waals surface area contributed by atoms with Crippen LogP contribution in [0.25, 0.3) is 0 Å². The summed E-state index contributed by atoms with van der Waals surface area (Å²) in [7, 11) is 4.17. The maximum atomic E-state index is 6.07. The van der Waals surface area contributed by atoms with Gasteiger partial charge in [-0.25, -0.2) is 0 Å². The first-order valence-electron chi connectivity index (χ1n) is 6.47. The lowest BCUT2D eigenvalue weighted by atomic mass is 10.1. The second-order valence-electron chi connectivity index (χ2n) is 5.15. The molecule has 0 heterocycles. The van der Waals surface area contributed by atoms with E-state index in [0.717, 1.165) is 25.2 Å². The largest absolute Gasteiger partial charge is 0.396 e. The number of nitrogen functional groups attached to an aromatic ring is 1. The Morgan fingerprint density at radius 3 is 2.16 bits per heavy atom. The van der Waals surface area contributed by atoms with E-state index < -0.39 is 0 Å². The van der Waals surface area contributed by atoms with Crippen LogP contribution < -0.4 is 5.73 Å². The highest BCUT2D eigenvalue weighted by Gasteiger charge is 2.14. The van der Waals surface area contributed by atoms with Gasteiger partial charge in [-0.3, -0.25) is 4.90 Å². The van der Waals surface area contributed by atoms with Crippen molar-refractivity contribution in [2.24, 2.45) is 0 Å². The lowest BCUT2D eigenvalue weighted by Gasteiger charge is -2.30. The highest BCUT2D eigenvalue weighted by atomic mass is 35.5. The molecule has 108 valence electrons. The van der Waals surface area contributed by atoms with Crippen molar-refractivity contribution < 1.29 is 0 Å². The standard InChI is InChI=1S/C14H23Cl2N3/c1-5-19(10(2)8-18(3)4)9-11-6-12(15)14(17)13(16)7-11/h6-7,10H,5,8-9,17H2,1-4H3. The molecule has 5 heteroatoms. The van der Waals surface area contributed by atoms with Crippen LogP contribution in [0.15, 0.2) is 12.1 Å². The van der Waals surface area contributed by atoms with Crippen molar-refractivity contribution in [1.29, 1.82) is 0 Å². The van der Waals surface area contributed by atoms with Crippen LogP contribution in [0.4, 0.5) is 5.69 Å². The summed E-state index contributed by atoms with van der Waals surface area (Å²) >= 11 is 12.1. The van der Waals surface area contributed by atoms with E-state index in [1.807, 2.05) is 12.1 Å². The summed E-state index contributed by atoms with van der Waals surface area (Å²) in [5, 5.41) is 1.05. The van der Waals surface area contributed by atoms with Crippen molar-refractivity contribution in [3.8, 4) is 0 Å². The Morgan fingerprint density at radius 1 is 1.21 bits per heavy atom. The van der Waals surface area contributed by atoms with E-state index in [4.69, 9.17) is 28.9 Å². The Morgan fingerprint density at radius 2 is 1.74 bits per heavy atom. The number of hydrogen-bond donors (Lipinski definition) is 1. The molecular weight excluding hydrogens is 281 g/mol. The highest BCUT2D eigenvalue weighted by molar-refractivity contribution is 6.38. The van der Waals surface area contributed by atoms with Gasteiger partial charge in [-0.2, -0.15) is 0 Å². The molecule has 0 aromatic heterocycles. The summed E-state index contributed by atoms with van der Waals surface area (Å²) in [4.78, 5) is 4.58. The van der Waals surface area contributed by atoms with E-state index in [9.17, 15) is 0 Å². The molecule has 1 unspecified atom stereocenters. The Hall–Kier alpha value is -0.480. The third-order valence-corrected chi connectivity index (χ3v) is 3.81. The average Bonchev–Trinajstić information content (AvgIpc) is 2.31. The van der Waals surface area contributed by atoms with E-state index in [2.05, 4.69) is 37.7 Å². The van der Waals surface area contributed by atoms with Crippen LogP contribution in [0.3, 0.4) is 0 Å². The number of likely N-dealkylation sites (N-methyl/N-ethyl adjacent to an activating group) is 2. The molecule has 1 atom stereocenters. The number of anilines is 1. The van der Waals surface area contributed by atoms with Crippen molar-refractivity contribution in [2.75, 3.05) is 32.9 Å². The fourth-order valence-corrected chi connectivity index (χ4v) is 2.72. The maximum absolute atomic E-state index is 6.07. The van der Waals surface area contributed by atoms with E-state index in [-0.39, 0.29) is 0 Å². The molecular formula is C14H23Cl2N3. The first-order valence-corrected chi connectivity index (χ1v) is 7.22. The van der Waals surface area contributed by atoms with Crippen molar-refractivity contribution in [3.63, 3.8) is 0 Å². The number of benzene rings is 1. The second kappa shape index (κ2) is 7.34. The molecule has 0 bridgehead atoms. The van der Waals surface area contributed by atoms with E-state index in [0.29, 0.717) is 21.8 Å². The zero-order valence-electron chi connectivity index (χ0n) is 12.1. The van der Waals surface area contributed by atoms with Crippen molar-refractivity contribution in [2.45, 2.75) is 26.4 Å². The first-order chi connectivity index (χ1) is 8.85. The summed E-state index contributed by atoms with van der Waals surface area (Å²) in [5.41, 5.74) is 7.30. The van der Waals surface area contributed by atoms with Gasteiger partial charge >= 0.3 is 0 Å². The molecule has 0 saturated heterocycles.